The van der Waals surface area contributed by atoms with Crippen molar-refractivity contribution < 1.29 is 0 Å². The number of hydrogen-bond acceptors (Lipinski definition) is 7. The molecule has 0 amide bonds. The van der Waals surface area contributed by atoms with Crippen LogP contribution in [0.5, 0.6) is 0 Å². The molecule has 0 atom stereocenters. The number of nitrogens with one attached hydrogen (secondary N) is 2. The SMILES string of the molecule is Cc1cc(C)n(-c2nc(NN=Cc3ccc(Br)cc3)nc(Nc3ccc(Br)cc3)n2)n1. The lowest BCUT2D eigenvalue weighted by Crippen LogP contribution is -2.11. The molecule has 4 aromatic rings. The number of nitrogens with zero attached hydrogens (tertiary/aromatic N) is 6. The first-order valence-electron chi connectivity index (χ1n) is 9.33. The molecule has 0 saturated carbocycles. The predicted octanol–water partition coefficient (Wildman–Crippen LogP) is 5.39. The lowest BCUT2D eigenvalue weighted by atomic mass is 10.2. The van der Waals surface area contributed by atoms with Crippen LogP contribution < -0.4 is 10.7 Å². The van der Waals surface area contributed by atoms with Gasteiger partial charge in [0.1, 0.15) is 0 Å². The normalized spacial score (nSPS) is 11.1. The molecule has 0 aliphatic rings. The molecular weight excluding hydrogens is 524 g/mol. The molecule has 8 nitrogen and oxygen atoms in total. The first-order valence-corrected chi connectivity index (χ1v) is 10.9. The highest BCUT2D eigenvalue weighted by molar-refractivity contribution is 9.10. The van der Waals surface area contributed by atoms with Gasteiger partial charge in [-0.1, -0.05) is 44.0 Å². The summed E-state index contributed by atoms with van der Waals surface area (Å²) >= 11 is 6.86. The first kappa shape index (κ1) is 21.1. The van der Waals surface area contributed by atoms with Crippen molar-refractivity contribution in [1.82, 2.24) is 24.7 Å². The molecule has 156 valence electrons. The number of hydrazone groups is 1. The zero-order valence-electron chi connectivity index (χ0n) is 16.7. The molecule has 31 heavy (non-hydrogen) atoms. The van der Waals surface area contributed by atoms with Gasteiger partial charge in [-0.25, -0.2) is 10.1 Å². The van der Waals surface area contributed by atoms with Gasteiger partial charge < -0.3 is 5.32 Å². The molecule has 0 fully saturated rings. The summed E-state index contributed by atoms with van der Waals surface area (Å²) in [7, 11) is 0. The van der Waals surface area contributed by atoms with Crippen molar-refractivity contribution in [2.24, 2.45) is 5.10 Å². The lowest BCUT2D eigenvalue weighted by Gasteiger charge is -2.09. The van der Waals surface area contributed by atoms with E-state index in [1.807, 2.05) is 68.4 Å². The minimum atomic E-state index is 0.297. The Balaban J connectivity index is 1.64. The van der Waals surface area contributed by atoms with Crippen molar-refractivity contribution in [1.29, 1.82) is 0 Å². The number of hydrogen-bond donors (Lipinski definition) is 2. The Morgan fingerprint density at radius 2 is 1.52 bits per heavy atom. The van der Waals surface area contributed by atoms with E-state index < -0.39 is 0 Å². The van der Waals surface area contributed by atoms with E-state index in [9.17, 15) is 0 Å². The third kappa shape index (κ3) is 5.53. The molecule has 0 bridgehead atoms. The smallest absolute Gasteiger partial charge is 0.257 e. The fourth-order valence-electron chi connectivity index (χ4n) is 2.77. The number of anilines is 3. The Bertz CT molecular complexity index is 1220. The molecule has 2 aromatic carbocycles. The maximum absolute atomic E-state index is 4.53. The average Bonchev–Trinajstić information content (AvgIpc) is 3.09. The summed E-state index contributed by atoms with van der Waals surface area (Å²) in [6.07, 6.45) is 1.70. The molecular formula is C21H18Br2N8. The Morgan fingerprint density at radius 3 is 2.16 bits per heavy atom. The average molecular weight is 542 g/mol. The van der Waals surface area contributed by atoms with Crippen LogP contribution in [0.4, 0.5) is 17.6 Å². The molecule has 10 heteroatoms. The third-order valence-corrected chi connectivity index (χ3v) is 5.23. The Hall–Kier alpha value is -3.11. The lowest BCUT2D eigenvalue weighted by molar-refractivity contribution is 0.767. The van der Waals surface area contributed by atoms with E-state index >= 15 is 0 Å². The van der Waals surface area contributed by atoms with E-state index in [2.05, 4.69) is 67.8 Å². The molecule has 0 aliphatic heterocycles. The molecule has 0 unspecified atom stereocenters. The minimum absolute atomic E-state index is 0.297. The van der Waals surface area contributed by atoms with Gasteiger partial charge in [0.2, 0.25) is 11.9 Å². The van der Waals surface area contributed by atoms with Crippen molar-refractivity contribution in [2.45, 2.75) is 13.8 Å². The quantitative estimate of drug-likeness (QED) is 0.251. The van der Waals surface area contributed by atoms with Crippen LogP contribution >= 0.6 is 31.9 Å². The Labute approximate surface area is 196 Å². The molecule has 0 spiro atoms. The maximum atomic E-state index is 4.53. The van der Waals surface area contributed by atoms with Crippen LogP contribution in [0.2, 0.25) is 0 Å². The van der Waals surface area contributed by atoms with Gasteiger partial charge in [0, 0.05) is 20.3 Å². The van der Waals surface area contributed by atoms with Crippen molar-refractivity contribution in [3.63, 3.8) is 0 Å². The summed E-state index contributed by atoms with van der Waals surface area (Å²) in [4.78, 5) is 13.4. The van der Waals surface area contributed by atoms with E-state index in [4.69, 9.17) is 0 Å². The highest BCUT2D eigenvalue weighted by Gasteiger charge is 2.12. The monoisotopic (exact) mass is 540 g/mol. The van der Waals surface area contributed by atoms with Crippen LogP contribution in [0, 0.1) is 13.8 Å². The fraction of sp³-hybridized carbons (Fsp3) is 0.0952. The van der Waals surface area contributed by atoms with Crippen LogP contribution in [-0.2, 0) is 0 Å². The number of aryl methyl sites for hydroxylation is 2. The number of aromatic nitrogens is 5. The molecule has 0 radical (unpaired) electrons. The van der Waals surface area contributed by atoms with E-state index in [0.717, 1.165) is 31.6 Å². The second-order valence-corrected chi connectivity index (χ2v) is 8.51. The number of benzene rings is 2. The molecule has 0 saturated heterocycles. The van der Waals surface area contributed by atoms with Gasteiger partial charge in [-0.2, -0.15) is 25.2 Å². The molecule has 0 aliphatic carbocycles. The second-order valence-electron chi connectivity index (χ2n) is 6.67. The molecule has 2 heterocycles. The van der Waals surface area contributed by atoms with Gasteiger partial charge in [-0.3, -0.25) is 0 Å². The zero-order chi connectivity index (χ0) is 21.8. The third-order valence-electron chi connectivity index (χ3n) is 4.17. The van der Waals surface area contributed by atoms with Crippen molar-refractivity contribution in [3.8, 4) is 5.95 Å². The van der Waals surface area contributed by atoms with Gasteiger partial charge in [0.05, 0.1) is 11.9 Å². The van der Waals surface area contributed by atoms with E-state index in [1.54, 1.807) is 10.9 Å². The molecule has 4 rings (SSSR count). The fourth-order valence-corrected chi connectivity index (χ4v) is 3.30. The van der Waals surface area contributed by atoms with Crippen molar-refractivity contribution in [2.75, 3.05) is 10.7 Å². The number of halogens is 2. The summed E-state index contributed by atoms with van der Waals surface area (Å²) in [6.45, 7) is 3.87. The molecule has 2 aromatic heterocycles. The second kappa shape index (κ2) is 9.36. The largest absolute Gasteiger partial charge is 0.324 e. The van der Waals surface area contributed by atoms with Gasteiger partial charge in [-0.05, 0) is 61.9 Å². The van der Waals surface area contributed by atoms with E-state index in [-0.39, 0.29) is 0 Å². The van der Waals surface area contributed by atoms with Gasteiger partial charge in [0.25, 0.3) is 5.95 Å². The van der Waals surface area contributed by atoms with E-state index in [1.165, 1.54) is 0 Å². The van der Waals surface area contributed by atoms with Crippen LogP contribution in [0.15, 0.2) is 68.6 Å². The minimum Gasteiger partial charge on any atom is -0.324 e. The number of rotatable bonds is 6. The summed E-state index contributed by atoms with van der Waals surface area (Å²) in [5, 5.41) is 11.9. The van der Waals surface area contributed by atoms with Crippen LogP contribution in [0.25, 0.3) is 5.95 Å². The summed E-state index contributed by atoms with van der Waals surface area (Å²) < 4.78 is 3.67. The summed E-state index contributed by atoms with van der Waals surface area (Å²) in [5.41, 5.74) is 6.47. The maximum Gasteiger partial charge on any atom is 0.257 e. The highest BCUT2D eigenvalue weighted by Crippen LogP contribution is 2.19. The zero-order valence-corrected chi connectivity index (χ0v) is 19.9. The summed E-state index contributed by atoms with van der Waals surface area (Å²) in [5.74, 6) is 1.06. The van der Waals surface area contributed by atoms with Crippen LogP contribution in [0.3, 0.4) is 0 Å². The standard InChI is InChI=1S/C21H18Br2N8/c1-13-11-14(2)31(30-13)21-27-19(25-18-9-7-17(23)8-10-18)26-20(28-21)29-24-12-15-3-5-16(22)6-4-15/h3-12H,1-2H3,(H2,25,26,27,28,29). The van der Waals surface area contributed by atoms with Crippen molar-refractivity contribution in [3.05, 3.63) is 80.5 Å². The van der Waals surface area contributed by atoms with Gasteiger partial charge >= 0.3 is 0 Å². The Kier molecular flexibility index (Phi) is 6.38. The van der Waals surface area contributed by atoms with Gasteiger partial charge in [-0.15, -0.1) is 0 Å². The summed E-state index contributed by atoms with van der Waals surface area (Å²) in [6, 6.07) is 17.5. The van der Waals surface area contributed by atoms with Gasteiger partial charge in [0.15, 0.2) is 0 Å². The van der Waals surface area contributed by atoms with Crippen LogP contribution in [0.1, 0.15) is 17.0 Å². The topological polar surface area (TPSA) is 92.9 Å². The highest BCUT2D eigenvalue weighted by atomic mass is 79.9. The molecule has 2 N–H and O–H groups in total. The van der Waals surface area contributed by atoms with Crippen molar-refractivity contribution >= 4 is 55.7 Å². The first-order chi connectivity index (χ1) is 15.0. The Morgan fingerprint density at radius 1 is 0.871 bits per heavy atom. The predicted molar refractivity (Wildman–Crippen MR) is 129 cm³/mol. The van der Waals surface area contributed by atoms with E-state index in [0.29, 0.717) is 17.8 Å². The van der Waals surface area contributed by atoms with Crippen LogP contribution in [-0.4, -0.2) is 30.9 Å².